The number of hydrogen-bond donors (Lipinski definition) is 2. The topological polar surface area (TPSA) is 59.6 Å². The summed E-state index contributed by atoms with van der Waals surface area (Å²) in [5.41, 5.74) is 1.14. The third kappa shape index (κ3) is 4.14. The van der Waals surface area contributed by atoms with E-state index in [1.165, 1.54) is 25.7 Å². The maximum atomic E-state index is 12.7. The molecule has 2 N–H and O–H groups in total. The quantitative estimate of drug-likeness (QED) is 0.821. The number of benzene rings is 1. The summed E-state index contributed by atoms with van der Waals surface area (Å²) < 4.78 is 11.3. The third-order valence-electron chi connectivity index (χ3n) is 5.98. The molecule has 0 aromatic heterocycles. The molecule has 2 heterocycles. The fraction of sp³-hybridized carbons (Fsp3) is 0.667. The highest BCUT2D eigenvalue weighted by atomic mass is 16.6. The molecule has 3 atom stereocenters. The average Bonchev–Trinajstić information content (AvgIpc) is 3.51. The van der Waals surface area contributed by atoms with Gasteiger partial charge in [-0.2, -0.15) is 0 Å². The van der Waals surface area contributed by atoms with Crippen LogP contribution in [0.3, 0.4) is 0 Å². The number of ether oxygens (including phenoxy) is 2. The Morgan fingerprint density at radius 2 is 2.00 bits per heavy atom. The summed E-state index contributed by atoms with van der Waals surface area (Å²) in [6.07, 6.45) is 5.43. The highest BCUT2D eigenvalue weighted by Crippen LogP contribution is 2.43. The van der Waals surface area contributed by atoms with E-state index in [4.69, 9.17) is 9.47 Å². The molecule has 4 rings (SSSR count). The zero-order valence-electron chi connectivity index (χ0n) is 15.6. The summed E-state index contributed by atoms with van der Waals surface area (Å²) in [7, 11) is 0. The van der Waals surface area contributed by atoms with Gasteiger partial charge in [0.2, 0.25) is 5.91 Å². The van der Waals surface area contributed by atoms with Crippen molar-refractivity contribution in [3.63, 3.8) is 0 Å². The second kappa shape index (κ2) is 7.87. The summed E-state index contributed by atoms with van der Waals surface area (Å²) in [4.78, 5) is 12.7. The van der Waals surface area contributed by atoms with Crippen molar-refractivity contribution < 1.29 is 14.3 Å². The lowest BCUT2D eigenvalue weighted by molar-refractivity contribution is -0.123. The lowest BCUT2D eigenvalue weighted by Gasteiger charge is -2.29. The van der Waals surface area contributed by atoms with Crippen LogP contribution in [0, 0.1) is 17.8 Å². The van der Waals surface area contributed by atoms with Crippen LogP contribution in [0.15, 0.2) is 18.2 Å². The van der Waals surface area contributed by atoms with Crippen molar-refractivity contribution in [1.82, 2.24) is 10.6 Å². The van der Waals surface area contributed by atoms with Gasteiger partial charge in [-0.3, -0.25) is 4.79 Å². The molecular weight excluding hydrogens is 328 g/mol. The van der Waals surface area contributed by atoms with Crippen molar-refractivity contribution in [3.05, 3.63) is 23.8 Å². The molecule has 26 heavy (non-hydrogen) atoms. The van der Waals surface area contributed by atoms with Crippen LogP contribution in [-0.4, -0.2) is 32.2 Å². The van der Waals surface area contributed by atoms with Crippen molar-refractivity contribution >= 4 is 5.91 Å². The number of rotatable bonds is 6. The van der Waals surface area contributed by atoms with E-state index in [9.17, 15) is 4.79 Å². The van der Waals surface area contributed by atoms with E-state index in [2.05, 4.69) is 23.6 Å². The molecule has 1 aromatic carbocycles. The average molecular weight is 358 g/mol. The number of carbonyl (C=O) groups excluding carboxylic acids is 1. The monoisotopic (exact) mass is 358 g/mol. The van der Waals surface area contributed by atoms with Gasteiger partial charge in [0.15, 0.2) is 11.5 Å². The molecule has 1 aliphatic carbocycles. The minimum Gasteiger partial charge on any atom is -0.486 e. The number of amides is 1. The van der Waals surface area contributed by atoms with E-state index >= 15 is 0 Å². The highest BCUT2D eigenvalue weighted by molar-refractivity contribution is 5.76. The van der Waals surface area contributed by atoms with Gasteiger partial charge in [-0.05, 0) is 74.2 Å². The Bertz CT molecular complexity index is 638. The third-order valence-corrected chi connectivity index (χ3v) is 5.98. The second-order valence-corrected chi connectivity index (χ2v) is 8.07. The summed E-state index contributed by atoms with van der Waals surface area (Å²) in [5.74, 6) is 3.36. The van der Waals surface area contributed by atoms with E-state index in [1.807, 2.05) is 12.1 Å². The smallest absolute Gasteiger partial charge is 0.220 e. The Hall–Kier alpha value is -1.75. The zero-order chi connectivity index (χ0) is 17.9. The first-order valence-corrected chi connectivity index (χ1v) is 10.1. The van der Waals surface area contributed by atoms with E-state index in [-0.39, 0.29) is 11.9 Å². The van der Waals surface area contributed by atoms with Gasteiger partial charge >= 0.3 is 0 Å². The fourth-order valence-corrected chi connectivity index (χ4v) is 4.21. The van der Waals surface area contributed by atoms with Gasteiger partial charge in [0.1, 0.15) is 13.2 Å². The molecule has 1 amide bonds. The number of hydrogen-bond acceptors (Lipinski definition) is 4. The van der Waals surface area contributed by atoms with Crippen molar-refractivity contribution in [2.45, 2.75) is 45.1 Å². The number of nitrogens with one attached hydrogen (secondary N) is 2. The van der Waals surface area contributed by atoms with Crippen LogP contribution in [0.25, 0.3) is 0 Å². The van der Waals surface area contributed by atoms with Gasteiger partial charge in [-0.25, -0.2) is 0 Å². The minimum atomic E-state index is 0.0926. The van der Waals surface area contributed by atoms with Crippen LogP contribution >= 0.6 is 0 Å². The standard InChI is InChI=1S/C21H30N2O3/c1-14(17-3-2-8-22-13-17)11-20(24)23-21(15-4-5-15)16-6-7-18-19(12-16)26-10-9-25-18/h6-7,12,14-15,17,21-22H,2-5,8-11,13H2,1H3,(H,23,24). The van der Waals surface area contributed by atoms with E-state index in [1.54, 1.807) is 0 Å². The van der Waals surface area contributed by atoms with Crippen LogP contribution in [0.4, 0.5) is 0 Å². The fourth-order valence-electron chi connectivity index (χ4n) is 4.21. The van der Waals surface area contributed by atoms with Gasteiger partial charge in [0.05, 0.1) is 6.04 Å². The van der Waals surface area contributed by atoms with E-state index < -0.39 is 0 Å². The summed E-state index contributed by atoms with van der Waals surface area (Å²) in [6, 6.07) is 6.19. The molecule has 1 saturated heterocycles. The van der Waals surface area contributed by atoms with Gasteiger partial charge in [-0.1, -0.05) is 13.0 Å². The molecule has 0 spiro atoms. The van der Waals surface area contributed by atoms with Gasteiger partial charge in [-0.15, -0.1) is 0 Å². The molecule has 2 fully saturated rings. The lowest BCUT2D eigenvalue weighted by atomic mass is 9.85. The number of carbonyl (C=O) groups is 1. The van der Waals surface area contributed by atoms with Crippen LogP contribution in [0.1, 0.15) is 50.6 Å². The largest absolute Gasteiger partial charge is 0.486 e. The molecule has 2 aliphatic heterocycles. The maximum Gasteiger partial charge on any atom is 0.220 e. The Balaban J connectivity index is 1.40. The first-order chi connectivity index (χ1) is 12.7. The molecule has 5 nitrogen and oxygen atoms in total. The van der Waals surface area contributed by atoms with Crippen LogP contribution in [0.2, 0.25) is 0 Å². The SMILES string of the molecule is CC(CC(=O)NC(c1ccc2c(c1)OCCO2)C1CC1)C1CCCNC1. The summed E-state index contributed by atoms with van der Waals surface area (Å²) >= 11 is 0. The molecule has 3 aliphatic rings. The summed E-state index contributed by atoms with van der Waals surface area (Å²) in [5, 5.41) is 6.77. The number of piperidine rings is 1. The van der Waals surface area contributed by atoms with Crippen LogP contribution < -0.4 is 20.1 Å². The molecule has 0 bridgehead atoms. The van der Waals surface area contributed by atoms with Crippen LogP contribution in [0.5, 0.6) is 11.5 Å². The van der Waals surface area contributed by atoms with Crippen molar-refractivity contribution in [1.29, 1.82) is 0 Å². The normalized spacial score (nSPS) is 24.6. The highest BCUT2D eigenvalue weighted by Gasteiger charge is 2.34. The minimum absolute atomic E-state index is 0.0926. The molecule has 5 heteroatoms. The predicted octanol–water partition coefficient (Wildman–Crippen LogP) is 3.05. The van der Waals surface area contributed by atoms with E-state index in [0.29, 0.717) is 37.4 Å². The van der Waals surface area contributed by atoms with Crippen LogP contribution in [-0.2, 0) is 4.79 Å². The molecule has 142 valence electrons. The zero-order valence-corrected chi connectivity index (χ0v) is 15.6. The van der Waals surface area contributed by atoms with Crippen molar-refractivity contribution in [3.8, 4) is 11.5 Å². The van der Waals surface area contributed by atoms with E-state index in [0.717, 1.165) is 30.2 Å². The van der Waals surface area contributed by atoms with Gasteiger partial charge < -0.3 is 20.1 Å². The van der Waals surface area contributed by atoms with Crippen molar-refractivity contribution in [2.24, 2.45) is 17.8 Å². The predicted molar refractivity (Wildman–Crippen MR) is 100 cm³/mol. The molecular formula is C21H30N2O3. The first-order valence-electron chi connectivity index (χ1n) is 10.1. The lowest BCUT2D eigenvalue weighted by Crippen LogP contribution is -2.36. The summed E-state index contributed by atoms with van der Waals surface area (Å²) in [6.45, 7) is 5.56. The molecule has 1 aromatic rings. The van der Waals surface area contributed by atoms with Gasteiger partial charge in [0.25, 0.3) is 0 Å². The maximum absolute atomic E-state index is 12.7. The molecule has 0 radical (unpaired) electrons. The molecule has 1 saturated carbocycles. The second-order valence-electron chi connectivity index (χ2n) is 8.07. The Labute approximate surface area is 155 Å². The molecule has 3 unspecified atom stereocenters. The Morgan fingerprint density at radius 3 is 2.73 bits per heavy atom. The Kier molecular flexibility index (Phi) is 5.34. The first kappa shape index (κ1) is 17.7. The Morgan fingerprint density at radius 1 is 1.19 bits per heavy atom. The van der Waals surface area contributed by atoms with Crippen molar-refractivity contribution in [2.75, 3.05) is 26.3 Å². The number of fused-ring (bicyclic) bond motifs is 1. The van der Waals surface area contributed by atoms with Gasteiger partial charge in [0, 0.05) is 6.42 Å².